The van der Waals surface area contributed by atoms with E-state index in [1.807, 2.05) is 78.9 Å². The summed E-state index contributed by atoms with van der Waals surface area (Å²) in [5, 5.41) is 1.59. The molecule has 0 bridgehead atoms. The third kappa shape index (κ3) is 20.7. The van der Waals surface area contributed by atoms with Gasteiger partial charge in [-0.3, -0.25) is 0 Å². The van der Waals surface area contributed by atoms with Gasteiger partial charge in [0.2, 0.25) is 0 Å². The monoisotopic (exact) mass is 945 g/mol. The molecule has 12 nitrogen and oxygen atoms in total. The SMILES string of the molecule is CC(C)(C)OC(=O)ON1C[C@H](OCc2ccc(OCOCC[Si](C)(C)C)cc2)C(c2ccc(OCCCOCc3ccccc3)cc2)[C@H](OCc2ccc(OCOCC[Si](C)(C)C)cc2)C1. The Labute approximate surface area is 396 Å². The number of carbonyl (C=O) groups excluding carboxylic acids is 1. The third-order valence-electron chi connectivity index (χ3n) is 10.6. The number of hydrogen-bond acceptors (Lipinski definition) is 12. The second kappa shape index (κ2) is 26.3. The topological polar surface area (TPSA) is 113 Å². The summed E-state index contributed by atoms with van der Waals surface area (Å²) >= 11 is 0. The van der Waals surface area contributed by atoms with Crippen LogP contribution in [-0.4, -0.2) is 98.3 Å². The van der Waals surface area contributed by atoms with Crippen molar-refractivity contribution in [2.75, 3.05) is 53.1 Å². The van der Waals surface area contributed by atoms with Crippen molar-refractivity contribution in [2.24, 2.45) is 0 Å². The lowest BCUT2D eigenvalue weighted by Gasteiger charge is -2.42. The number of nitrogens with zero attached hydrogens (tertiary/aromatic N) is 1. The molecule has 5 rings (SSSR count). The Morgan fingerprint density at radius 1 is 0.561 bits per heavy atom. The first-order valence-corrected chi connectivity index (χ1v) is 30.7. The Balaban J connectivity index is 1.28. The van der Waals surface area contributed by atoms with E-state index in [9.17, 15) is 4.79 Å². The zero-order chi connectivity index (χ0) is 47.4. The average Bonchev–Trinajstić information content (AvgIpc) is 3.26. The van der Waals surface area contributed by atoms with Gasteiger partial charge in [0.15, 0.2) is 13.6 Å². The fourth-order valence-corrected chi connectivity index (χ4v) is 8.41. The van der Waals surface area contributed by atoms with Crippen molar-refractivity contribution >= 4 is 22.3 Å². The highest BCUT2D eigenvalue weighted by Crippen LogP contribution is 2.35. The van der Waals surface area contributed by atoms with E-state index < -0.39 is 40.1 Å². The first kappa shape index (κ1) is 52.7. The predicted molar refractivity (Wildman–Crippen MR) is 264 cm³/mol. The summed E-state index contributed by atoms with van der Waals surface area (Å²) in [6.07, 6.45) is -0.930. The summed E-state index contributed by atoms with van der Waals surface area (Å²) in [6.45, 7) is 24.1. The van der Waals surface area contributed by atoms with Gasteiger partial charge in [-0.1, -0.05) is 106 Å². The minimum Gasteiger partial charge on any atom is -0.494 e. The van der Waals surface area contributed by atoms with Crippen LogP contribution in [-0.2, 0) is 53.1 Å². The minimum absolute atomic E-state index is 0.206. The van der Waals surface area contributed by atoms with Crippen LogP contribution in [0.1, 0.15) is 55.4 Å². The summed E-state index contributed by atoms with van der Waals surface area (Å²) in [5.41, 5.74) is 3.35. The Morgan fingerprint density at radius 3 is 1.52 bits per heavy atom. The van der Waals surface area contributed by atoms with Crippen molar-refractivity contribution in [3.63, 3.8) is 0 Å². The second-order valence-electron chi connectivity index (χ2n) is 20.2. The molecule has 0 amide bonds. The van der Waals surface area contributed by atoms with Gasteiger partial charge in [0.05, 0.1) is 58.3 Å². The molecular formula is C52H75NO11Si2. The number of benzene rings is 4. The van der Waals surface area contributed by atoms with E-state index in [4.69, 9.17) is 47.5 Å². The largest absolute Gasteiger partial charge is 0.528 e. The van der Waals surface area contributed by atoms with Gasteiger partial charge < -0.3 is 47.5 Å². The zero-order valence-electron chi connectivity index (χ0n) is 40.9. The van der Waals surface area contributed by atoms with Gasteiger partial charge >= 0.3 is 6.16 Å². The number of rotatable bonds is 27. The molecule has 1 aliphatic heterocycles. The molecule has 362 valence electrons. The molecule has 0 aromatic heterocycles. The molecule has 14 heteroatoms. The van der Waals surface area contributed by atoms with Crippen LogP contribution in [0.3, 0.4) is 0 Å². The number of carbonyl (C=O) groups is 1. The van der Waals surface area contributed by atoms with Crippen LogP contribution >= 0.6 is 0 Å². The molecule has 66 heavy (non-hydrogen) atoms. The van der Waals surface area contributed by atoms with Crippen LogP contribution in [0, 0.1) is 0 Å². The van der Waals surface area contributed by atoms with Crippen LogP contribution < -0.4 is 14.2 Å². The van der Waals surface area contributed by atoms with E-state index in [1.54, 1.807) is 25.8 Å². The molecule has 0 aliphatic carbocycles. The molecule has 0 spiro atoms. The van der Waals surface area contributed by atoms with E-state index in [2.05, 4.69) is 63.5 Å². The first-order valence-electron chi connectivity index (χ1n) is 23.3. The zero-order valence-corrected chi connectivity index (χ0v) is 42.9. The number of hydroxylamine groups is 2. The minimum atomic E-state index is -1.18. The van der Waals surface area contributed by atoms with Crippen LogP contribution in [0.25, 0.3) is 0 Å². The normalized spacial score (nSPS) is 17.0. The maximum atomic E-state index is 13.0. The highest BCUT2D eigenvalue weighted by atomic mass is 28.3. The van der Waals surface area contributed by atoms with Gasteiger partial charge in [-0.05, 0) is 91.5 Å². The van der Waals surface area contributed by atoms with Gasteiger partial charge in [-0.2, -0.15) is 0 Å². The quantitative estimate of drug-likeness (QED) is 0.0245. The molecule has 1 fully saturated rings. The lowest BCUT2D eigenvalue weighted by atomic mass is 9.85. The molecule has 1 aliphatic rings. The molecule has 0 N–H and O–H groups in total. The van der Waals surface area contributed by atoms with Crippen LogP contribution in [0.2, 0.25) is 51.4 Å². The Kier molecular flexibility index (Phi) is 21.0. The molecule has 0 radical (unpaired) electrons. The molecule has 4 aromatic rings. The van der Waals surface area contributed by atoms with Crippen molar-refractivity contribution in [3.05, 3.63) is 125 Å². The highest BCUT2D eigenvalue weighted by Gasteiger charge is 2.41. The molecule has 1 saturated heterocycles. The maximum absolute atomic E-state index is 13.0. The smallest absolute Gasteiger partial charge is 0.494 e. The van der Waals surface area contributed by atoms with Crippen molar-refractivity contribution in [1.29, 1.82) is 0 Å². The van der Waals surface area contributed by atoms with Gasteiger partial charge in [0, 0.05) is 41.7 Å². The van der Waals surface area contributed by atoms with E-state index >= 15 is 0 Å². The van der Waals surface area contributed by atoms with E-state index in [-0.39, 0.29) is 32.6 Å². The summed E-state index contributed by atoms with van der Waals surface area (Å²) in [7, 11) is -2.35. The van der Waals surface area contributed by atoms with Crippen LogP contribution in [0.5, 0.6) is 17.2 Å². The highest BCUT2D eigenvalue weighted by molar-refractivity contribution is 6.76. The van der Waals surface area contributed by atoms with E-state index in [1.165, 1.54) is 0 Å². The van der Waals surface area contributed by atoms with Crippen molar-refractivity contribution in [3.8, 4) is 17.2 Å². The fraction of sp³-hybridized carbons (Fsp3) is 0.519. The Bertz CT molecular complexity index is 1880. The van der Waals surface area contributed by atoms with Crippen molar-refractivity contribution in [1.82, 2.24) is 5.06 Å². The van der Waals surface area contributed by atoms with Crippen LogP contribution in [0.4, 0.5) is 4.79 Å². The average molecular weight is 946 g/mol. The number of hydrogen-bond donors (Lipinski definition) is 0. The molecule has 0 saturated carbocycles. The van der Waals surface area contributed by atoms with Crippen molar-refractivity contribution in [2.45, 2.75) is 122 Å². The van der Waals surface area contributed by atoms with Gasteiger partial charge in [0.1, 0.15) is 22.8 Å². The van der Waals surface area contributed by atoms with Gasteiger partial charge in [0.25, 0.3) is 0 Å². The molecule has 1 unspecified atom stereocenters. The molecule has 1 heterocycles. The summed E-state index contributed by atoms with van der Waals surface area (Å²) in [4.78, 5) is 18.9. The second-order valence-corrected chi connectivity index (χ2v) is 31.4. The molecular weight excluding hydrogens is 871 g/mol. The summed E-state index contributed by atoms with van der Waals surface area (Å²) in [6, 6.07) is 36.1. The summed E-state index contributed by atoms with van der Waals surface area (Å²) < 4.78 is 54.3. The van der Waals surface area contributed by atoms with Gasteiger partial charge in [-0.15, -0.1) is 5.06 Å². The Hall–Kier alpha value is -4.26. The number of ether oxygens (including phenoxy) is 9. The van der Waals surface area contributed by atoms with Gasteiger partial charge in [-0.25, -0.2) is 4.79 Å². The van der Waals surface area contributed by atoms with E-state index in [0.717, 1.165) is 58.0 Å². The Morgan fingerprint density at radius 2 is 1.03 bits per heavy atom. The van der Waals surface area contributed by atoms with Crippen molar-refractivity contribution < 1.29 is 52.3 Å². The maximum Gasteiger partial charge on any atom is 0.528 e. The number of piperidine rings is 1. The fourth-order valence-electron chi connectivity index (χ4n) is 6.90. The predicted octanol–water partition coefficient (Wildman–Crippen LogP) is 11.5. The molecule has 4 aromatic carbocycles. The molecule has 3 atom stereocenters. The third-order valence-corrected chi connectivity index (χ3v) is 14.0. The lowest BCUT2D eigenvalue weighted by Crippen LogP contribution is -2.53. The summed E-state index contributed by atoms with van der Waals surface area (Å²) in [5.74, 6) is 1.96. The van der Waals surface area contributed by atoms with Crippen LogP contribution in [0.15, 0.2) is 103 Å². The van der Waals surface area contributed by atoms with E-state index in [0.29, 0.717) is 46.2 Å². The lowest BCUT2D eigenvalue weighted by molar-refractivity contribution is -0.209. The standard InChI is InChI=1S/C52H75NO11Si2/c1-52(2,3)63-51(54)64-53-34-48(59-37-42-16-22-46(23-17-42)61-39-56-30-32-65(4,5)6)50(44-20-26-45(27-21-44)58-29-13-28-55-36-41-14-11-10-12-15-41)49(35-53)60-38-43-18-24-47(25-19-43)62-40-57-31-33-66(7,8)9/h10-12,14-27,48-50H,13,28-40H2,1-9H3/t48-,49+,50?. The first-order chi connectivity index (χ1) is 31.5.